The van der Waals surface area contributed by atoms with E-state index in [-0.39, 0.29) is 5.75 Å². The molecule has 0 aromatic rings. The topological polar surface area (TPSA) is 43.9 Å². The fraction of sp³-hybridized carbons (Fsp3) is 0.867. The van der Waals surface area contributed by atoms with Gasteiger partial charge in [0.15, 0.2) is 0 Å². The van der Waals surface area contributed by atoms with Gasteiger partial charge >= 0.3 is 0 Å². The minimum Gasteiger partial charge on any atom is -0.304 e. The Balaban J connectivity index is 1.99. The summed E-state index contributed by atoms with van der Waals surface area (Å²) in [5, 5.41) is 0. The smallest absolute Gasteiger partial charge is 0.214 e. The SMILES string of the molecule is C=CCCS(=O)(=O)N1CCCC[C@@H](N2CCN(C)CC2)C1. The van der Waals surface area contributed by atoms with Crippen LogP contribution in [0.3, 0.4) is 0 Å². The number of likely N-dealkylation sites (N-methyl/N-ethyl adjacent to an activating group) is 1. The van der Waals surface area contributed by atoms with E-state index in [0.717, 1.165) is 45.4 Å². The first-order valence-corrected chi connectivity index (χ1v) is 9.65. The lowest BCUT2D eigenvalue weighted by Gasteiger charge is -2.38. The lowest BCUT2D eigenvalue weighted by molar-refractivity contribution is 0.100. The van der Waals surface area contributed by atoms with Crippen LogP contribution in [0.2, 0.25) is 0 Å². The molecule has 2 aliphatic heterocycles. The molecule has 6 heteroatoms. The van der Waals surface area contributed by atoms with Crippen LogP contribution in [0.25, 0.3) is 0 Å². The predicted molar refractivity (Wildman–Crippen MR) is 86.9 cm³/mol. The van der Waals surface area contributed by atoms with Crippen molar-refractivity contribution < 1.29 is 8.42 Å². The maximum absolute atomic E-state index is 12.4. The van der Waals surface area contributed by atoms with E-state index in [4.69, 9.17) is 0 Å². The molecule has 2 fully saturated rings. The van der Waals surface area contributed by atoms with E-state index in [1.807, 2.05) is 0 Å². The number of hydrogen-bond donors (Lipinski definition) is 0. The van der Waals surface area contributed by atoms with E-state index in [9.17, 15) is 8.42 Å². The summed E-state index contributed by atoms with van der Waals surface area (Å²) < 4.78 is 26.6. The van der Waals surface area contributed by atoms with Crippen molar-refractivity contribution in [1.29, 1.82) is 0 Å². The molecule has 0 bridgehead atoms. The molecule has 0 aromatic carbocycles. The van der Waals surface area contributed by atoms with Gasteiger partial charge in [0, 0.05) is 45.3 Å². The quantitative estimate of drug-likeness (QED) is 0.710. The Kier molecular flexibility index (Phi) is 6.22. The molecule has 0 amide bonds. The first kappa shape index (κ1) is 16.9. The van der Waals surface area contributed by atoms with Gasteiger partial charge in [-0.15, -0.1) is 6.58 Å². The maximum Gasteiger partial charge on any atom is 0.214 e. The molecule has 0 unspecified atom stereocenters. The number of piperazine rings is 1. The molecule has 1 atom stereocenters. The molecule has 5 nitrogen and oxygen atoms in total. The standard InChI is InChI=1S/C15H29N3O2S/c1-3-4-13-21(19,20)18-8-6-5-7-15(14-18)17-11-9-16(2)10-12-17/h3,15H,1,4-14H2,2H3/t15-/m1/s1. The lowest BCUT2D eigenvalue weighted by atomic mass is 10.1. The number of nitrogens with zero attached hydrogens (tertiary/aromatic N) is 3. The number of allylic oxidation sites excluding steroid dienone is 1. The monoisotopic (exact) mass is 315 g/mol. The lowest BCUT2D eigenvalue weighted by Crippen LogP contribution is -2.52. The van der Waals surface area contributed by atoms with E-state index in [1.54, 1.807) is 10.4 Å². The highest BCUT2D eigenvalue weighted by Crippen LogP contribution is 2.20. The fourth-order valence-corrected chi connectivity index (χ4v) is 4.71. The van der Waals surface area contributed by atoms with Gasteiger partial charge in [-0.1, -0.05) is 12.5 Å². The van der Waals surface area contributed by atoms with Gasteiger partial charge < -0.3 is 4.90 Å². The van der Waals surface area contributed by atoms with Gasteiger partial charge in [0.25, 0.3) is 0 Å². The molecule has 0 radical (unpaired) electrons. The largest absolute Gasteiger partial charge is 0.304 e. The molecule has 2 saturated heterocycles. The third-order valence-corrected chi connectivity index (χ3v) is 6.51. The predicted octanol–water partition coefficient (Wildman–Crippen LogP) is 0.994. The molecular formula is C15H29N3O2S. The summed E-state index contributed by atoms with van der Waals surface area (Å²) in [5.41, 5.74) is 0. The summed E-state index contributed by atoms with van der Waals surface area (Å²) in [5.74, 6) is 0.200. The fourth-order valence-electron chi connectivity index (χ4n) is 3.18. The van der Waals surface area contributed by atoms with Crippen LogP contribution in [-0.4, -0.2) is 80.6 Å². The van der Waals surface area contributed by atoms with Crippen LogP contribution in [0.5, 0.6) is 0 Å². The Bertz CT molecular complexity index is 430. The third-order valence-electron chi connectivity index (χ3n) is 4.64. The molecule has 0 saturated carbocycles. The zero-order chi connectivity index (χ0) is 15.3. The molecule has 122 valence electrons. The van der Waals surface area contributed by atoms with Crippen molar-refractivity contribution in [2.75, 3.05) is 52.1 Å². The van der Waals surface area contributed by atoms with Crippen molar-refractivity contribution in [1.82, 2.24) is 14.1 Å². The highest BCUT2D eigenvalue weighted by molar-refractivity contribution is 7.89. The average molecular weight is 315 g/mol. The first-order chi connectivity index (χ1) is 10.0. The van der Waals surface area contributed by atoms with Crippen LogP contribution in [0.4, 0.5) is 0 Å². The van der Waals surface area contributed by atoms with E-state index in [2.05, 4.69) is 23.4 Å². The summed E-state index contributed by atoms with van der Waals surface area (Å²) >= 11 is 0. The molecule has 2 heterocycles. The maximum atomic E-state index is 12.4. The van der Waals surface area contributed by atoms with Gasteiger partial charge in [0.05, 0.1) is 5.75 Å². The minimum atomic E-state index is -3.13. The van der Waals surface area contributed by atoms with Crippen molar-refractivity contribution in [3.8, 4) is 0 Å². The normalized spacial score (nSPS) is 27.4. The van der Waals surface area contributed by atoms with Crippen molar-refractivity contribution in [3.63, 3.8) is 0 Å². The van der Waals surface area contributed by atoms with E-state index in [0.29, 0.717) is 25.6 Å². The highest BCUT2D eigenvalue weighted by Gasteiger charge is 2.30. The second kappa shape index (κ2) is 7.72. The summed E-state index contributed by atoms with van der Waals surface area (Å²) in [6.45, 7) is 9.26. The van der Waals surface area contributed by atoms with Gasteiger partial charge in [-0.05, 0) is 26.3 Å². The summed E-state index contributed by atoms with van der Waals surface area (Å²) in [7, 11) is -0.977. The van der Waals surface area contributed by atoms with Crippen molar-refractivity contribution >= 4 is 10.0 Å². The summed E-state index contributed by atoms with van der Waals surface area (Å²) in [6, 6.07) is 0.389. The van der Waals surface area contributed by atoms with Crippen molar-refractivity contribution in [2.45, 2.75) is 31.7 Å². The molecule has 21 heavy (non-hydrogen) atoms. The molecule has 0 spiro atoms. The van der Waals surface area contributed by atoms with Crippen LogP contribution in [0.1, 0.15) is 25.7 Å². The Hall–Kier alpha value is -0.430. The molecule has 0 aliphatic carbocycles. The molecule has 0 N–H and O–H groups in total. The Morgan fingerprint density at radius 3 is 2.52 bits per heavy atom. The van der Waals surface area contributed by atoms with Crippen molar-refractivity contribution in [3.05, 3.63) is 12.7 Å². The Labute approximate surface area is 129 Å². The summed E-state index contributed by atoms with van der Waals surface area (Å²) in [4.78, 5) is 4.83. The third kappa shape index (κ3) is 4.77. The van der Waals surface area contributed by atoms with E-state index in [1.165, 1.54) is 0 Å². The molecule has 2 rings (SSSR count). The van der Waals surface area contributed by atoms with Gasteiger partial charge in [0.1, 0.15) is 0 Å². The minimum absolute atomic E-state index is 0.200. The zero-order valence-corrected chi connectivity index (χ0v) is 14.0. The number of sulfonamides is 1. The summed E-state index contributed by atoms with van der Waals surface area (Å²) in [6.07, 6.45) is 5.46. The first-order valence-electron chi connectivity index (χ1n) is 8.04. The highest BCUT2D eigenvalue weighted by atomic mass is 32.2. The number of hydrogen-bond acceptors (Lipinski definition) is 4. The number of rotatable bonds is 5. The van der Waals surface area contributed by atoms with Gasteiger partial charge in [-0.2, -0.15) is 0 Å². The van der Waals surface area contributed by atoms with Gasteiger partial charge in [-0.3, -0.25) is 4.90 Å². The average Bonchev–Trinajstić information content (AvgIpc) is 2.72. The van der Waals surface area contributed by atoms with Crippen molar-refractivity contribution in [2.24, 2.45) is 0 Å². The van der Waals surface area contributed by atoms with Crippen LogP contribution in [-0.2, 0) is 10.0 Å². The van der Waals surface area contributed by atoms with E-state index >= 15 is 0 Å². The van der Waals surface area contributed by atoms with Crippen LogP contribution < -0.4 is 0 Å². The van der Waals surface area contributed by atoms with Gasteiger partial charge in [-0.25, -0.2) is 12.7 Å². The van der Waals surface area contributed by atoms with Crippen LogP contribution >= 0.6 is 0 Å². The zero-order valence-electron chi connectivity index (χ0n) is 13.2. The molecule has 0 aromatic heterocycles. The van der Waals surface area contributed by atoms with Crippen LogP contribution in [0, 0.1) is 0 Å². The van der Waals surface area contributed by atoms with Crippen LogP contribution in [0.15, 0.2) is 12.7 Å². The molecular weight excluding hydrogens is 286 g/mol. The molecule has 2 aliphatic rings. The Morgan fingerprint density at radius 1 is 1.14 bits per heavy atom. The van der Waals surface area contributed by atoms with E-state index < -0.39 is 10.0 Å². The van der Waals surface area contributed by atoms with Gasteiger partial charge in [0.2, 0.25) is 10.0 Å². The second-order valence-corrected chi connectivity index (χ2v) is 8.33. The Morgan fingerprint density at radius 2 is 1.86 bits per heavy atom. The second-order valence-electron chi connectivity index (χ2n) is 6.24.